The van der Waals surface area contributed by atoms with Crippen LogP contribution in [0.15, 0.2) is 55.0 Å². The number of pyridine rings is 1. The number of benzene rings is 1. The average molecular weight is 545 g/mol. The number of fused-ring (bicyclic) bond motifs is 2. The van der Waals surface area contributed by atoms with Crippen molar-refractivity contribution in [1.29, 1.82) is 0 Å². The lowest BCUT2D eigenvalue weighted by atomic mass is 10.1. The first kappa shape index (κ1) is 24.7. The highest BCUT2D eigenvalue weighted by Crippen LogP contribution is 2.39. The van der Waals surface area contributed by atoms with Gasteiger partial charge in [-0.1, -0.05) is 0 Å². The fraction of sp³-hybridized carbons (Fsp3) is 0.333. The van der Waals surface area contributed by atoms with E-state index < -0.39 is 24.4 Å². The maximum absolute atomic E-state index is 11.0. The van der Waals surface area contributed by atoms with Crippen LogP contribution in [0.4, 0.5) is 11.6 Å². The summed E-state index contributed by atoms with van der Waals surface area (Å²) < 4.78 is 20.9. The molecule has 4 atom stereocenters. The second-order valence-electron chi connectivity index (χ2n) is 9.95. The lowest BCUT2D eigenvalue weighted by Crippen LogP contribution is -2.34. The van der Waals surface area contributed by atoms with Crippen LogP contribution in [0.3, 0.4) is 0 Å². The monoisotopic (exact) mass is 544 g/mol. The summed E-state index contributed by atoms with van der Waals surface area (Å²) in [5, 5.41) is 35.0. The largest absolute Gasteiger partial charge is 0.491 e. The normalized spacial score (nSPS) is 23.1. The number of nitrogens with one attached hydrogen (secondary N) is 1. The molecule has 0 saturated carbocycles. The van der Waals surface area contributed by atoms with Gasteiger partial charge in [-0.3, -0.25) is 4.68 Å². The first-order chi connectivity index (χ1) is 19.5. The van der Waals surface area contributed by atoms with Gasteiger partial charge in [-0.2, -0.15) is 10.2 Å². The number of aliphatic hydroxyl groups is 2. The van der Waals surface area contributed by atoms with Crippen molar-refractivity contribution in [3.63, 3.8) is 0 Å². The first-order valence-corrected chi connectivity index (χ1v) is 13.0. The first-order valence-electron chi connectivity index (χ1n) is 13.0. The topological polar surface area (TPSA) is 167 Å². The standard InChI is InChI=1S/C27H28N8O5/c1-29-22-5-3-14-2-4-16(8-19(14)32-22)39-12-21-24(36)25(37)26(40-21)20-9-17(23-27(28)30-13-31-35(20)23)18-6-7-34(33-18)15-10-38-11-15/h2-9,13,15,21,24-26,36-37H,10-12H2,1H3,(H,29,32)(H2,28,30,31)/t21-,24-,25-,26+/m1/s1. The van der Waals surface area contributed by atoms with Crippen molar-refractivity contribution < 1.29 is 24.4 Å². The number of anilines is 2. The molecule has 0 unspecified atom stereocenters. The molecule has 13 heteroatoms. The Morgan fingerprint density at radius 2 is 1.98 bits per heavy atom. The molecule has 0 spiro atoms. The van der Waals surface area contributed by atoms with Crippen LogP contribution in [0, 0.1) is 0 Å². The number of nitrogens with two attached hydrogens (primary N) is 1. The quantitative estimate of drug-likeness (QED) is 0.235. The molecule has 7 rings (SSSR count). The van der Waals surface area contributed by atoms with Crippen LogP contribution in [-0.2, 0) is 9.47 Å². The molecule has 1 aromatic carbocycles. The third-order valence-corrected chi connectivity index (χ3v) is 7.48. The number of aliphatic hydroxyl groups excluding tert-OH is 2. The summed E-state index contributed by atoms with van der Waals surface area (Å²) in [6, 6.07) is 13.3. The molecule has 0 radical (unpaired) electrons. The average Bonchev–Trinajstić information content (AvgIpc) is 3.63. The highest BCUT2D eigenvalue weighted by Gasteiger charge is 2.45. The predicted octanol–water partition coefficient (Wildman–Crippen LogP) is 1.58. The van der Waals surface area contributed by atoms with Gasteiger partial charge in [-0.15, -0.1) is 0 Å². The van der Waals surface area contributed by atoms with Crippen molar-refractivity contribution >= 4 is 28.1 Å². The minimum Gasteiger partial charge on any atom is -0.491 e. The predicted molar refractivity (Wildman–Crippen MR) is 145 cm³/mol. The zero-order valence-corrected chi connectivity index (χ0v) is 21.6. The van der Waals surface area contributed by atoms with E-state index in [9.17, 15) is 10.2 Å². The Bertz CT molecular complexity index is 1700. The third kappa shape index (κ3) is 4.10. The zero-order chi connectivity index (χ0) is 27.4. The molecule has 4 aromatic heterocycles. The van der Waals surface area contributed by atoms with Crippen LogP contribution >= 0.6 is 0 Å². The van der Waals surface area contributed by atoms with Crippen LogP contribution in [0.5, 0.6) is 5.75 Å². The highest BCUT2D eigenvalue weighted by molar-refractivity contribution is 5.87. The number of aromatic nitrogens is 6. The van der Waals surface area contributed by atoms with E-state index in [4.69, 9.17) is 25.0 Å². The van der Waals surface area contributed by atoms with Gasteiger partial charge in [0, 0.05) is 30.3 Å². The van der Waals surface area contributed by atoms with Crippen molar-refractivity contribution in [3.8, 4) is 17.0 Å². The van der Waals surface area contributed by atoms with Crippen LogP contribution in [0.1, 0.15) is 17.8 Å². The second-order valence-corrected chi connectivity index (χ2v) is 9.95. The molecule has 6 heterocycles. The summed E-state index contributed by atoms with van der Waals surface area (Å²) in [7, 11) is 1.81. The molecule has 0 aliphatic carbocycles. The third-order valence-electron chi connectivity index (χ3n) is 7.48. The van der Waals surface area contributed by atoms with Gasteiger partial charge in [-0.05, 0) is 36.4 Å². The van der Waals surface area contributed by atoms with Crippen LogP contribution < -0.4 is 15.8 Å². The Hall–Kier alpha value is -4.30. The molecule has 2 aliphatic rings. The van der Waals surface area contributed by atoms with Gasteiger partial charge in [0.1, 0.15) is 54.4 Å². The molecule has 0 amide bonds. The van der Waals surface area contributed by atoms with E-state index in [-0.39, 0.29) is 18.5 Å². The van der Waals surface area contributed by atoms with Crippen molar-refractivity contribution in [1.82, 2.24) is 29.4 Å². The molecule has 2 saturated heterocycles. The Balaban J connectivity index is 1.15. The molecule has 40 heavy (non-hydrogen) atoms. The number of hydrogen-bond acceptors (Lipinski definition) is 11. The van der Waals surface area contributed by atoms with Gasteiger partial charge >= 0.3 is 0 Å². The summed E-state index contributed by atoms with van der Waals surface area (Å²) in [6.45, 7) is 1.25. The Morgan fingerprint density at radius 1 is 1.12 bits per heavy atom. The number of nitrogens with zero attached hydrogens (tertiary/aromatic N) is 6. The molecule has 2 aliphatic heterocycles. The number of rotatable bonds is 7. The summed E-state index contributed by atoms with van der Waals surface area (Å²) in [6.07, 6.45) is -0.865. The van der Waals surface area contributed by atoms with E-state index in [0.29, 0.717) is 41.4 Å². The fourth-order valence-electron chi connectivity index (χ4n) is 5.19. The molecule has 0 bridgehead atoms. The second kappa shape index (κ2) is 9.71. The maximum atomic E-state index is 11.0. The molecule has 206 valence electrons. The summed E-state index contributed by atoms with van der Waals surface area (Å²) in [5.41, 5.74) is 9.47. The minimum absolute atomic E-state index is 0.0209. The van der Waals surface area contributed by atoms with Crippen LogP contribution in [-0.4, -0.2) is 84.8 Å². The fourth-order valence-corrected chi connectivity index (χ4v) is 5.19. The smallest absolute Gasteiger partial charge is 0.152 e. The van der Waals surface area contributed by atoms with Crippen molar-refractivity contribution in [2.75, 3.05) is 37.9 Å². The number of hydrogen-bond donors (Lipinski definition) is 4. The zero-order valence-electron chi connectivity index (χ0n) is 21.6. The maximum Gasteiger partial charge on any atom is 0.152 e. The molecule has 13 nitrogen and oxygen atoms in total. The minimum atomic E-state index is -1.23. The summed E-state index contributed by atoms with van der Waals surface area (Å²) in [5.74, 6) is 1.58. The van der Waals surface area contributed by atoms with Gasteiger partial charge in [0.05, 0.1) is 36.2 Å². The van der Waals surface area contributed by atoms with Gasteiger partial charge < -0.3 is 35.5 Å². The van der Waals surface area contributed by atoms with E-state index in [1.165, 1.54) is 6.33 Å². The summed E-state index contributed by atoms with van der Waals surface area (Å²) >= 11 is 0. The molecular formula is C27H28N8O5. The van der Waals surface area contributed by atoms with E-state index in [0.717, 1.165) is 16.7 Å². The van der Waals surface area contributed by atoms with Crippen molar-refractivity contribution in [3.05, 3.63) is 60.7 Å². The summed E-state index contributed by atoms with van der Waals surface area (Å²) in [4.78, 5) is 8.70. The molecule has 5 N–H and O–H groups in total. The van der Waals surface area contributed by atoms with Crippen molar-refractivity contribution in [2.45, 2.75) is 30.5 Å². The Kier molecular flexibility index (Phi) is 6.00. The van der Waals surface area contributed by atoms with Gasteiger partial charge in [0.25, 0.3) is 0 Å². The van der Waals surface area contributed by atoms with E-state index in [1.54, 1.807) is 4.52 Å². The number of nitrogen functional groups attached to an aromatic ring is 1. The van der Waals surface area contributed by atoms with E-state index >= 15 is 0 Å². The molecular weight excluding hydrogens is 516 g/mol. The van der Waals surface area contributed by atoms with Gasteiger partial charge in [0.15, 0.2) is 5.82 Å². The lowest BCUT2D eigenvalue weighted by Gasteiger charge is -2.25. The number of ether oxygens (including phenoxy) is 3. The SMILES string of the molecule is CNc1ccc2ccc(OC[C@H]3O[C@@H](c4cc(-c5ccn(C6COC6)n5)c5c(N)ncnn45)[C@H](O)[C@@H]3O)cc2n1. The van der Waals surface area contributed by atoms with Crippen molar-refractivity contribution in [2.24, 2.45) is 0 Å². The Labute approximate surface area is 228 Å². The van der Waals surface area contributed by atoms with Gasteiger partial charge in [-0.25, -0.2) is 14.5 Å². The highest BCUT2D eigenvalue weighted by atomic mass is 16.6. The molecule has 2 fully saturated rings. The lowest BCUT2D eigenvalue weighted by molar-refractivity contribution is -0.0285. The van der Waals surface area contributed by atoms with Crippen LogP contribution in [0.25, 0.3) is 27.7 Å². The van der Waals surface area contributed by atoms with Gasteiger partial charge in [0.2, 0.25) is 0 Å². The van der Waals surface area contributed by atoms with E-state index in [2.05, 4.69) is 20.4 Å². The Morgan fingerprint density at radius 3 is 2.77 bits per heavy atom. The van der Waals surface area contributed by atoms with E-state index in [1.807, 2.05) is 60.4 Å². The molecule has 5 aromatic rings. The van der Waals surface area contributed by atoms with Crippen LogP contribution in [0.2, 0.25) is 0 Å².